The second-order valence-corrected chi connectivity index (χ2v) is 5.76. The van der Waals surface area contributed by atoms with Gasteiger partial charge in [-0.1, -0.05) is 35.9 Å². The van der Waals surface area contributed by atoms with Crippen LogP contribution in [0, 0.1) is 60.6 Å². The molecule has 0 spiro atoms. The minimum absolute atomic E-state index is 0. The Hall–Kier alpha value is -1.90. The topological polar surface area (TPSA) is 69.1 Å². The van der Waals surface area contributed by atoms with E-state index in [0.29, 0.717) is 34.8 Å². The van der Waals surface area contributed by atoms with Gasteiger partial charge >= 0.3 is 0 Å². The third kappa shape index (κ3) is 3.49. The van der Waals surface area contributed by atoms with Gasteiger partial charge in [0.1, 0.15) is 0 Å². The van der Waals surface area contributed by atoms with E-state index in [2.05, 4.69) is 21.1 Å². The zero-order valence-corrected chi connectivity index (χ0v) is 17.2. The number of aryl methyl sites for hydroxylation is 1. The van der Waals surface area contributed by atoms with Gasteiger partial charge in [-0.2, -0.15) is 23.3 Å². The summed E-state index contributed by atoms with van der Waals surface area (Å²) < 4.78 is 15.8. The maximum atomic E-state index is 14.1. The van der Waals surface area contributed by atoms with Crippen molar-refractivity contribution in [2.45, 2.75) is 13.3 Å². The van der Waals surface area contributed by atoms with E-state index in [1.165, 1.54) is 12.1 Å². The van der Waals surface area contributed by atoms with E-state index in [0.717, 1.165) is 5.56 Å². The number of anilines is 1. The second-order valence-electron chi connectivity index (χ2n) is 5.76. The minimum Gasteiger partial charge on any atom is -0.381 e. The molecule has 0 aliphatic heterocycles. The first-order chi connectivity index (χ1) is 12.1. The molecule has 0 fully saturated rings. The van der Waals surface area contributed by atoms with Crippen LogP contribution in [0.5, 0.6) is 0 Å². The summed E-state index contributed by atoms with van der Waals surface area (Å²) in [6.07, 6.45) is 0.588. The number of rotatable bonds is 3. The van der Waals surface area contributed by atoms with Crippen LogP contribution in [0.25, 0.3) is 16.9 Å². The second kappa shape index (κ2) is 7.77. The number of hydrogen-bond donors (Lipinski definition) is 1. The Morgan fingerprint density at radius 1 is 1.15 bits per heavy atom. The van der Waals surface area contributed by atoms with Gasteiger partial charge in [-0.25, -0.2) is 18.9 Å². The molecule has 0 aliphatic rings. The molecular weight excluding hydrogens is 457 g/mol. The van der Waals surface area contributed by atoms with Gasteiger partial charge in [0.25, 0.3) is 0 Å². The predicted octanol–water partition coefficient (Wildman–Crippen LogP) is 3.21. The van der Waals surface area contributed by atoms with E-state index >= 15 is 0 Å². The van der Waals surface area contributed by atoms with Gasteiger partial charge in [0.2, 0.25) is 0 Å². The quantitative estimate of drug-likeness (QED) is 0.465. The van der Waals surface area contributed by atoms with Gasteiger partial charge in [-0.3, -0.25) is 0 Å². The van der Waals surface area contributed by atoms with Crippen LogP contribution >= 0.6 is 0 Å². The molecular formula is C19H15CeFN5-. The summed E-state index contributed by atoms with van der Waals surface area (Å²) in [6, 6.07) is 17.2. The van der Waals surface area contributed by atoms with Crippen molar-refractivity contribution in [2.24, 2.45) is 0 Å². The average molecular weight is 472 g/mol. The van der Waals surface area contributed by atoms with Gasteiger partial charge in [0.15, 0.2) is 17.3 Å². The summed E-state index contributed by atoms with van der Waals surface area (Å²) in [4.78, 5) is 8.84. The molecule has 0 amide bonds. The van der Waals surface area contributed by atoms with Crippen LogP contribution in [0.4, 0.5) is 10.2 Å². The van der Waals surface area contributed by atoms with Crippen molar-refractivity contribution in [1.29, 1.82) is 0 Å². The molecule has 0 bridgehead atoms. The van der Waals surface area contributed by atoms with E-state index in [1.807, 2.05) is 37.3 Å². The smallest absolute Gasteiger partial charge is 0.198 e. The third-order valence-electron chi connectivity index (χ3n) is 4.04. The van der Waals surface area contributed by atoms with E-state index in [1.54, 1.807) is 10.6 Å². The fourth-order valence-corrected chi connectivity index (χ4v) is 2.81. The van der Waals surface area contributed by atoms with Crippen LogP contribution in [0.2, 0.25) is 0 Å². The van der Waals surface area contributed by atoms with Crippen molar-refractivity contribution in [3.63, 3.8) is 0 Å². The molecule has 7 heteroatoms. The molecule has 4 rings (SSSR count). The molecule has 0 aliphatic carbocycles. The van der Waals surface area contributed by atoms with Crippen molar-refractivity contribution in [3.05, 3.63) is 77.5 Å². The largest absolute Gasteiger partial charge is 0.381 e. The third-order valence-corrected chi connectivity index (χ3v) is 4.04. The average Bonchev–Trinajstić information content (AvgIpc) is 3.04. The molecule has 0 atom stereocenters. The summed E-state index contributed by atoms with van der Waals surface area (Å²) in [5.74, 6) is 0.480. The molecule has 2 N–H and O–H groups in total. The van der Waals surface area contributed by atoms with Crippen LogP contribution in [0.1, 0.15) is 17.1 Å². The zero-order chi connectivity index (χ0) is 17.4. The number of benzene rings is 2. The number of nitrogen functional groups attached to an aromatic ring is 1. The Bertz CT molecular complexity index is 1060. The molecule has 2 heterocycles. The van der Waals surface area contributed by atoms with Crippen LogP contribution in [-0.2, 0) is 6.42 Å². The standard InChI is InChI=1S/C19H15FN5.Ce/c1-12-17(14-9-5-6-10-15(14)20)23-18(21)19-22-16(24-25(12)19)11-13-7-3-2-4-8-13;/h2-4,6-10H,11H2,1H3,(H2,21,23);/q-1;. The van der Waals surface area contributed by atoms with E-state index < -0.39 is 0 Å². The fraction of sp³-hybridized carbons (Fsp3) is 0.105. The molecule has 2 aromatic heterocycles. The predicted molar refractivity (Wildman–Crippen MR) is 93.4 cm³/mol. The zero-order valence-electron chi connectivity index (χ0n) is 14.1. The number of aromatic nitrogens is 4. The summed E-state index contributed by atoms with van der Waals surface area (Å²) in [7, 11) is 0. The SMILES string of the molecule is Cc1c(-c2c[c-]ccc2F)nc(N)c2nc(Cc3ccccc3)nn12.[Ce]. The number of nitrogens with two attached hydrogens (primary N) is 1. The van der Waals surface area contributed by atoms with Gasteiger partial charge in [0, 0.05) is 59.7 Å². The number of halogens is 1. The molecule has 128 valence electrons. The van der Waals surface area contributed by atoms with Crippen molar-refractivity contribution in [3.8, 4) is 11.3 Å². The van der Waals surface area contributed by atoms with E-state index in [4.69, 9.17) is 5.73 Å². The maximum absolute atomic E-state index is 14.1. The molecule has 4 aromatic rings. The number of hydrogen-bond acceptors (Lipinski definition) is 4. The van der Waals surface area contributed by atoms with Crippen molar-refractivity contribution >= 4 is 11.5 Å². The Labute approximate surface area is 183 Å². The molecule has 0 saturated carbocycles. The van der Waals surface area contributed by atoms with Gasteiger partial charge < -0.3 is 5.73 Å². The molecule has 2 aromatic carbocycles. The molecule has 0 saturated heterocycles. The van der Waals surface area contributed by atoms with Crippen LogP contribution in [0.15, 0.2) is 48.5 Å². The first-order valence-corrected chi connectivity index (χ1v) is 7.85. The monoisotopic (exact) mass is 472 g/mol. The Balaban J connectivity index is 0.00000196. The molecule has 5 nitrogen and oxygen atoms in total. The summed E-state index contributed by atoms with van der Waals surface area (Å²) >= 11 is 0. The van der Waals surface area contributed by atoms with Crippen LogP contribution in [0.3, 0.4) is 0 Å². The Kier molecular flexibility index (Phi) is 5.64. The van der Waals surface area contributed by atoms with Crippen molar-refractivity contribution in [2.75, 3.05) is 5.73 Å². The minimum atomic E-state index is -0.377. The summed E-state index contributed by atoms with van der Waals surface area (Å²) in [6.45, 7) is 1.82. The van der Waals surface area contributed by atoms with E-state index in [9.17, 15) is 4.39 Å². The Morgan fingerprint density at radius 3 is 2.65 bits per heavy atom. The normalized spacial score (nSPS) is 10.7. The number of fused-ring (bicyclic) bond motifs is 1. The fourth-order valence-electron chi connectivity index (χ4n) is 2.81. The molecule has 0 unspecified atom stereocenters. The molecule has 0 radical (unpaired) electrons. The Morgan fingerprint density at radius 2 is 1.92 bits per heavy atom. The first-order valence-electron chi connectivity index (χ1n) is 7.85. The van der Waals surface area contributed by atoms with Crippen molar-refractivity contribution in [1.82, 2.24) is 19.6 Å². The maximum Gasteiger partial charge on any atom is 0.198 e. The van der Waals surface area contributed by atoms with Gasteiger partial charge in [-0.05, 0) is 12.5 Å². The number of nitrogens with zero attached hydrogens (tertiary/aromatic N) is 4. The van der Waals surface area contributed by atoms with Crippen LogP contribution < -0.4 is 5.73 Å². The first kappa shape index (κ1) is 18.9. The summed E-state index contributed by atoms with van der Waals surface area (Å²) in [5, 5.41) is 4.54. The van der Waals surface area contributed by atoms with Crippen LogP contribution in [-0.4, -0.2) is 19.6 Å². The van der Waals surface area contributed by atoms with E-state index in [-0.39, 0.29) is 53.4 Å². The molecule has 26 heavy (non-hydrogen) atoms. The summed E-state index contributed by atoms with van der Waals surface area (Å²) in [5.41, 5.74) is 9.09. The van der Waals surface area contributed by atoms with Crippen molar-refractivity contribution < 1.29 is 46.1 Å². The van der Waals surface area contributed by atoms with Gasteiger partial charge in [-0.15, -0.1) is 6.07 Å². The van der Waals surface area contributed by atoms with Gasteiger partial charge in [0.05, 0.1) is 5.69 Å².